The number of rotatable bonds is 3. The molecule has 1 aromatic carbocycles. The number of benzene rings is 1. The third-order valence-electron chi connectivity index (χ3n) is 5.12. The summed E-state index contributed by atoms with van der Waals surface area (Å²) in [5.74, 6) is 0.400. The number of likely N-dealkylation sites (tertiary alicyclic amines) is 1. The van der Waals surface area contributed by atoms with E-state index in [0.29, 0.717) is 26.1 Å². The Bertz CT molecular complexity index is 723. The molecule has 2 heterocycles. The number of esters is 1. The summed E-state index contributed by atoms with van der Waals surface area (Å²) in [5.41, 5.74) is 0.750. The van der Waals surface area contributed by atoms with Gasteiger partial charge in [-0.3, -0.25) is 4.79 Å². The van der Waals surface area contributed by atoms with Crippen LogP contribution in [0.1, 0.15) is 17.9 Å². The normalized spacial score (nSPS) is 22.9. The molecular weight excluding hydrogens is 409 g/mol. The second kappa shape index (κ2) is 9.15. The number of ether oxygens (including phenoxy) is 2. The molecule has 0 aromatic heterocycles. The number of piperidine rings is 1. The molecule has 2 atom stereocenters. The van der Waals surface area contributed by atoms with Crippen LogP contribution in [0.2, 0.25) is 0 Å². The maximum atomic E-state index is 12.9. The van der Waals surface area contributed by atoms with Crippen LogP contribution in [0, 0.1) is 5.92 Å². The van der Waals surface area contributed by atoms with Crippen molar-refractivity contribution in [1.82, 2.24) is 9.80 Å². The van der Waals surface area contributed by atoms with Gasteiger partial charge in [0.1, 0.15) is 5.75 Å². The zero-order valence-corrected chi connectivity index (χ0v) is 16.8. The first kappa shape index (κ1) is 21.6. The largest absolute Gasteiger partial charge is 0.573 e. The summed E-state index contributed by atoms with van der Waals surface area (Å²) in [6, 6.07) is 5.48. The predicted octanol–water partition coefficient (Wildman–Crippen LogP) is 3.33. The number of halogens is 3. The minimum atomic E-state index is -4.75. The van der Waals surface area contributed by atoms with Crippen molar-refractivity contribution in [2.24, 2.45) is 5.92 Å². The Morgan fingerprint density at radius 2 is 1.72 bits per heavy atom. The highest BCUT2D eigenvalue weighted by Crippen LogP contribution is 2.33. The molecule has 0 saturated carbocycles. The van der Waals surface area contributed by atoms with Crippen molar-refractivity contribution in [3.8, 4) is 5.75 Å². The van der Waals surface area contributed by atoms with Crippen molar-refractivity contribution in [2.45, 2.75) is 18.7 Å². The average molecular weight is 432 g/mol. The van der Waals surface area contributed by atoms with Gasteiger partial charge in [-0.15, -0.1) is 13.2 Å². The summed E-state index contributed by atoms with van der Waals surface area (Å²) in [7, 11) is 1.31. The fraction of sp³-hybridized carbons (Fsp3) is 0.579. The highest BCUT2D eigenvalue weighted by molar-refractivity contribution is 7.99. The molecule has 2 amide bonds. The summed E-state index contributed by atoms with van der Waals surface area (Å²) in [6.07, 6.45) is -4.29. The van der Waals surface area contributed by atoms with Crippen molar-refractivity contribution in [2.75, 3.05) is 44.8 Å². The molecule has 3 rings (SSSR count). The first-order chi connectivity index (χ1) is 13.8. The van der Waals surface area contributed by atoms with E-state index < -0.39 is 18.2 Å². The number of carbonyl (C=O) groups excluding carboxylic acids is 2. The molecule has 1 aromatic rings. The zero-order chi connectivity index (χ0) is 21.0. The number of hydrogen-bond acceptors (Lipinski definition) is 5. The molecule has 0 bridgehead atoms. The monoisotopic (exact) mass is 432 g/mol. The lowest BCUT2D eigenvalue weighted by Gasteiger charge is -2.40. The van der Waals surface area contributed by atoms with E-state index in [0.717, 1.165) is 17.1 Å². The molecule has 0 aliphatic carbocycles. The first-order valence-corrected chi connectivity index (χ1v) is 10.5. The van der Waals surface area contributed by atoms with E-state index in [1.54, 1.807) is 33.7 Å². The topological polar surface area (TPSA) is 59.1 Å². The van der Waals surface area contributed by atoms with Crippen LogP contribution in [-0.2, 0) is 9.53 Å². The van der Waals surface area contributed by atoms with Gasteiger partial charge in [-0.05, 0) is 24.1 Å². The van der Waals surface area contributed by atoms with Crippen LogP contribution < -0.4 is 4.74 Å². The van der Waals surface area contributed by atoms with Gasteiger partial charge in [0.2, 0.25) is 0 Å². The molecule has 0 spiro atoms. The van der Waals surface area contributed by atoms with Crippen LogP contribution in [0.4, 0.5) is 18.0 Å². The Morgan fingerprint density at radius 3 is 2.31 bits per heavy atom. The van der Waals surface area contributed by atoms with Crippen molar-refractivity contribution in [3.63, 3.8) is 0 Å². The van der Waals surface area contributed by atoms with Crippen LogP contribution in [0.5, 0.6) is 5.75 Å². The molecule has 2 fully saturated rings. The highest BCUT2D eigenvalue weighted by Gasteiger charge is 2.37. The third kappa shape index (κ3) is 5.71. The number of carbonyl (C=O) groups is 2. The Kier molecular flexibility index (Phi) is 6.81. The van der Waals surface area contributed by atoms with Gasteiger partial charge >= 0.3 is 18.4 Å². The lowest BCUT2D eigenvalue weighted by Crippen LogP contribution is -2.52. The lowest BCUT2D eigenvalue weighted by molar-refractivity contribution is -0.274. The third-order valence-corrected chi connectivity index (χ3v) is 6.06. The fourth-order valence-corrected chi connectivity index (χ4v) is 4.63. The molecule has 2 aliphatic heterocycles. The van der Waals surface area contributed by atoms with Crippen LogP contribution in [-0.4, -0.2) is 73.0 Å². The number of alkyl halides is 3. The van der Waals surface area contributed by atoms with Crippen LogP contribution in [0.15, 0.2) is 24.3 Å². The predicted molar refractivity (Wildman–Crippen MR) is 102 cm³/mol. The molecule has 2 unspecified atom stereocenters. The minimum Gasteiger partial charge on any atom is -0.469 e. The van der Waals surface area contributed by atoms with Gasteiger partial charge in [-0.1, -0.05) is 12.1 Å². The summed E-state index contributed by atoms with van der Waals surface area (Å²) >= 11 is 1.80. The molecule has 2 saturated heterocycles. The molecule has 10 heteroatoms. The minimum absolute atomic E-state index is 0.110. The number of amides is 2. The SMILES string of the molecule is COC(=O)C1CC(c2ccc(OC(F)(F)F)cc2)CN(C(=O)N2CCSCC2)C1. The Morgan fingerprint density at radius 1 is 1.07 bits per heavy atom. The van der Waals surface area contributed by atoms with E-state index in [-0.39, 0.29) is 24.2 Å². The maximum Gasteiger partial charge on any atom is 0.573 e. The quantitative estimate of drug-likeness (QED) is 0.686. The number of methoxy groups -OCH3 is 1. The van der Waals surface area contributed by atoms with Crippen LogP contribution in [0.25, 0.3) is 0 Å². The van der Waals surface area contributed by atoms with Gasteiger partial charge in [0.15, 0.2) is 0 Å². The molecule has 160 valence electrons. The van der Waals surface area contributed by atoms with Gasteiger partial charge < -0.3 is 19.3 Å². The van der Waals surface area contributed by atoms with Crippen molar-refractivity contribution < 1.29 is 32.2 Å². The van der Waals surface area contributed by atoms with Gasteiger partial charge in [0.25, 0.3) is 0 Å². The van der Waals surface area contributed by atoms with Gasteiger partial charge in [-0.25, -0.2) is 4.79 Å². The molecule has 29 heavy (non-hydrogen) atoms. The van der Waals surface area contributed by atoms with E-state index in [1.807, 2.05) is 0 Å². The fourth-order valence-electron chi connectivity index (χ4n) is 3.73. The highest BCUT2D eigenvalue weighted by atomic mass is 32.2. The summed E-state index contributed by atoms with van der Waals surface area (Å²) in [6.45, 7) is 2.00. The Labute approximate surface area is 171 Å². The second-order valence-electron chi connectivity index (χ2n) is 7.06. The molecular formula is C19H23F3N2O4S. The van der Waals surface area contributed by atoms with Crippen LogP contribution >= 0.6 is 11.8 Å². The number of nitrogens with zero attached hydrogens (tertiary/aromatic N) is 2. The number of thioether (sulfide) groups is 1. The standard InChI is InChI=1S/C19H23F3N2O4S/c1-27-17(25)15-10-14(13-2-4-16(5-3-13)28-19(20,21)22)11-24(12-15)18(26)23-6-8-29-9-7-23/h2-5,14-15H,6-12H2,1H3. The van der Waals surface area contributed by atoms with Crippen molar-refractivity contribution in [3.05, 3.63) is 29.8 Å². The van der Waals surface area contributed by atoms with Gasteiger partial charge in [0.05, 0.1) is 13.0 Å². The van der Waals surface area contributed by atoms with Gasteiger partial charge in [-0.2, -0.15) is 11.8 Å². The van der Waals surface area contributed by atoms with E-state index in [9.17, 15) is 22.8 Å². The molecule has 0 radical (unpaired) electrons. The van der Waals surface area contributed by atoms with E-state index >= 15 is 0 Å². The first-order valence-electron chi connectivity index (χ1n) is 9.32. The van der Waals surface area contributed by atoms with E-state index in [2.05, 4.69) is 4.74 Å². The Hall–Kier alpha value is -2.10. The molecule has 0 N–H and O–H groups in total. The molecule has 6 nitrogen and oxygen atoms in total. The smallest absolute Gasteiger partial charge is 0.469 e. The number of hydrogen-bond donors (Lipinski definition) is 0. The lowest BCUT2D eigenvalue weighted by atomic mass is 9.84. The average Bonchev–Trinajstić information content (AvgIpc) is 2.72. The second-order valence-corrected chi connectivity index (χ2v) is 8.28. The summed E-state index contributed by atoms with van der Waals surface area (Å²) in [5, 5.41) is 0. The van der Waals surface area contributed by atoms with Gasteiger partial charge in [0, 0.05) is 43.6 Å². The summed E-state index contributed by atoms with van der Waals surface area (Å²) in [4.78, 5) is 28.6. The number of urea groups is 1. The summed E-state index contributed by atoms with van der Waals surface area (Å²) < 4.78 is 45.9. The maximum absolute atomic E-state index is 12.9. The van der Waals surface area contributed by atoms with E-state index in [1.165, 1.54) is 19.2 Å². The Balaban J connectivity index is 1.76. The molecule has 2 aliphatic rings. The van der Waals surface area contributed by atoms with Crippen LogP contribution in [0.3, 0.4) is 0 Å². The zero-order valence-electron chi connectivity index (χ0n) is 16.0. The van der Waals surface area contributed by atoms with E-state index in [4.69, 9.17) is 4.74 Å². The van der Waals surface area contributed by atoms with Crippen molar-refractivity contribution in [1.29, 1.82) is 0 Å². The van der Waals surface area contributed by atoms with Crippen molar-refractivity contribution >= 4 is 23.8 Å².